The smallest absolute Gasteiger partial charge is 0.168 e. The number of benzene rings is 1. The number of allylic oxidation sites excluding steroid dienone is 2. The first kappa shape index (κ1) is 17.5. The van der Waals surface area contributed by atoms with Gasteiger partial charge in [-0.3, -0.25) is 9.79 Å². The fourth-order valence-electron chi connectivity index (χ4n) is 2.99. The highest BCUT2D eigenvalue weighted by Crippen LogP contribution is 2.36. The molecular weight excluding hydrogens is 286 g/mol. The number of ketones is 1. The summed E-state index contributed by atoms with van der Waals surface area (Å²) in [4.78, 5) is 17.4. The van der Waals surface area contributed by atoms with Crippen molar-refractivity contribution >= 4 is 11.5 Å². The van der Waals surface area contributed by atoms with E-state index in [2.05, 4.69) is 13.8 Å². The van der Waals surface area contributed by atoms with Gasteiger partial charge in [0, 0.05) is 12.8 Å². The minimum absolute atomic E-state index is 0.00215. The number of carbonyl (C=O) groups is 1. The number of aliphatic hydroxyl groups is 1. The van der Waals surface area contributed by atoms with Crippen molar-refractivity contribution in [3.8, 4) is 0 Å². The molecule has 3 nitrogen and oxygen atoms in total. The van der Waals surface area contributed by atoms with Gasteiger partial charge in [-0.2, -0.15) is 0 Å². The number of rotatable bonds is 2. The van der Waals surface area contributed by atoms with Gasteiger partial charge in [0.15, 0.2) is 5.78 Å². The Labute approximate surface area is 139 Å². The zero-order valence-corrected chi connectivity index (χ0v) is 14.8. The van der Waals surface area contributed by atoms with E-state index in [9.17, 15) is 9.90 Å². The van der Waals surface area contributed by atoms with Crippen molar-refractivity contribution in [1.29, 1.82) is 0 Å². The Hall–Kier alpha value is -1.90. The Morgan fingerprint density at radius 1 is 1.17 bits per heavy atom. The van der Waals surface area contributed by atoms with Gasteiger partial charge < -0.3 is 5.11 Å². The van der Waals surface area contributed by atoms with E-state index in [1.807, 2.05) is 51.1 Å². The second-order valence-electron chi connectivity index (χ2n) is 8.15. The molecule has 0 aromatic heterocycles. The molecule has 3 heteroatoms. The molecule has 1 N–H and O–H groups in total. The van der Waals surface area contributed by atoms with Crippen molar-refractivity contribution in [2.24, 2.45) is 10.4 Å². The molecule has 1 aromatic rings. The molecule has 124 valence electrons. The van der Waals surface area contributed by atoms with Gasteiger partial charge in [0.25, 0.3) is 0 Å². The van der Waals surface area contributed by atoms with Crippen molar-refractivity contribution in [3.05, 3.63) is 47.2 Å². The predicted molar refractivity (Wildman–Crippen MR) is 95.0 cm³/mol. The Bertz CT molecular complexity index is 646. The van der Waals surface area contributed by atoms with E-state index in [0.29, 0.717) is 24.8 Å². The second kappa shape index (κ2) is 6.31. The topological polar surface area (TPSA) is 49.7 Å². The molecule has 1 aromatic carbocycles. The summed E-state index contributed by atoms with van der Waals surface area (Å²) in [6.07, 6.45) is 1.53. The molecule has 1 saturated carbocycles. The van der Waals surface area contributed by atoms with E-state index in [4.69, 9.17) is 4.99 Å². The molecule has 0 unspecified atom stereocenters. The van der Waals surface area contributed by atoms with Crippen LogP contribution in [0.4, 0.5) is 0 Å². The summed E-state index contributed by atoms with van der Waals surface area (Å²) in [5.74, 6) is 0.136. The van der Waals surface area contributed by atoms with Crippen molar-refractivity contribution in [2.75, 3.05) is 0 Å². The van der Waals surface area contributed by atoms with Crippen LogP contribution in [0.25, 0.3) is 0 Å². The Morgan fingerprint density at radius 3 is 2.35 bits per heavy atom. The lowest BCUT2D eigenvalue weighted by Crippen LogP contribution is -2.34. The molecule has 23 heavy (non-hydrogen) atoms. The summed E-state index contributed by atoms with van der Waals surface area (Å²) in [6, 6.07) is 9.71. The fourth-order valence-corrected chi connectivity index (χ4v) is 2.99. The van der Waals surface area contributed by atoms with Crippen LogP contribution in [0.3, 0.4) is 0 Å². The molecule has 0 amide bonds. The van der Waals surface area contributed by atoms with Gasteiger partial charge >= 0.3 is 0 Å². The number of Topliss-reactive ketones (excluding diaryl/α,β-unsaturated/α-hetero) is 1. The summed E-state index contributed by atoms with van der Waals surface area (Å²) in [5.41, 5.74) is 1.78. The zero-order valence-electron chi connectivity index (χ0n) is 14.8. The molecule has 1 fully saturated rings. The number of hydrogen-bond donors (Lipinski definition) is 1. The molecule has 0 radical (unpaired) electrons. The van der Waals surface area contributed by atoms with Crippen LogP contribution in [-0.2, 0) is 11.2 Å². The minimum atomic E-state index is -0.276. The molecular formula is C20H27NO2. The third-order valence-electron chi connectivity index (χ3n) is 3.83. The van der Waals surface area contributed by atoms with E-state index < -0.39 is 0 Å². The van der Waals surface area contributed by atoms with Gasteiger partial charge in [-0.1, -0.05) is 44.2 Å². The highest BCUT2D eigenvalue weighted by atomic mass is 16.3. The molecule has 0 heterocycles. The van der Waals surface area contributed by atoms with Crippen LogP contribution in [0.1, 0.15) is 53.0 Å². The number of nitrogens with zero attached hydrogens (tertiary/aromatic N) is 1. The highest BCUT2D eigenvalue weighted by Gasteiger charge is 2.36. The lowest BCUT2D eigenvalue weighted by atomic mass is 9.73. The SMILES string of the molecule is CC1(C)CC(=O)C(=C(O)Cc2ccccc2)C(=NC(C)(C)C)C1. The van der Waals surface area contributed by atoms with Crippen LogP contribution in [0.2, 0.25) is 0 Å². The number of hydrogen-bond acceptors (Lipinski definition) is 3. The summed E-state index contributed by atoms with van der Waals surface area (Å²) in [6.45, 7) is 10.2. The maximum absolute atomic E-state index is 12.6. The normalized spacial score (nSPS) is 22.3. The van der Waals surface area contributed by atoms with E-state index >= 15 is 0 Å². The predicted octanol–water partition coefficient (Wildman–Crippen LogP) is 4.67. The van der Waals surface area contributed by atoms with Crippen molar-refractivity contribution < 1.29 is 9.90 Å². The van der Waals surface area contributed by atoms with E-state index in [1.54, 1.807) is 0 Å². The van der Waals surface area contributed by atoms with Crippen LogP contribution >= 0.6 is 0 Å². The zero-order chi connectivity index (χ0) is 17.3. The first-order valence-corrected chi connectivity index (χ1v) is 8.16. The van der Waals surface area contributed by atoms with Crippen LogP contribution in [-0.4, -0.2) is 22.1 Å². The molecule has 2 rings (SSSR count). The van der Waals surface area contributed by atoms with Gasteiger partial charge in [0.05, 0.1) is 16.8 Å². The Morgan fingerprint density at radius 2 is 1.78 bits per heavy atom. The lowest BCUT2D eigenvalue weighted by Gasteiger charge is -2.32. The summed E-state index contributed by atoms with van der Waals surface area (Å²) < 4.78 is 0. The Balaban J connectivity index is 2.44. The molecule has 0 saturated heterocycles. The van der Waals surface area contributed by atoms with Crippen LogP contribution in [0.5, 0.6) is 0 Å². The summed E-state index contributed by atoms with van der Waals surface area (Å²) >= 11 is 0. The molecule has 1 aliphatic rings. The van der Waals surface area contributed by atoms with Crippen LogP contribution in [0, 0.1) is 5.41 Å². The lowest BCUT2D eigenvalue weighted by molar-refractivity contribution is -0.117. The van der Waals surface area contributed by atoms with Crippen LogP contribution in [0.15, 0.2) is 46.7 Å². The van der Waals surface area contributed by atoms with Gasteiger partial charge in [-0.05, 0) is 38.2 Å². The average Bonchev–Trinajstić information content (AvgIpc) is 2.35. The monoisotopic (exact) mass is 313 g/mol. The standard InChI is InChI=1S/C20H27NO2/c1-19(2,3)21-15-12-20(4,5)13-17(23)18(15)16(22)11-14-9-7-6-8-10-14/h6-10,22H,11-13H2,1-5H3. The fraction of sp³-hybridized carbons (Fsp3) is 0.500. The minimum Gasteiger partial charge on any atom is -0.511 e. The summed E-state index contributed by atoms with van der Waals surface area (Å²) in [5, 5.41) is 10.6. The van der Waals surface area contributed by atoms with Gasteiger partial charge in [0.2, 0.25) is 0 Å². The second-order valence-corrected chi connectivity index (χ2v) is 8.15. The van der Waals surface area contributed by atoms with Crippen LogP contribution < -0.4 is 0 Å². The number of aliphatic hydroxyl groups excluding tert-OH is 1. The van der Waals surface area contributed by atoms with Crippen molar-refractivity contribution in [1.82, 2.24) is 0 Å². The van der Waals surface area contributed by atoms with Crippen molar-refractivity contribution in [3.63, 3.8) is 0 Å². The van der Waals surface area contributed by atoms with E-state index in [-0.39, 0.29) is 22.5 Å². The average molecular weight is 313 g/mol. The van der Waals surface area contributed by atoms with Crippen molar-refractivity contribution in [2.45, 2.75) is 59.4 Å². The van der Waals surface area contributed by atoms with E-state index in [0.717, 1.165) is 11.3 Å². The molecule has 1 aliphatic carbocycles. The molecule has 0 atom stereocenters. The Kier molecular flexibility index (Phi) is 4.79. The maximum Gasteiger partial charge on any atom is 0.168 e. The molecule has 0 aliphatic heterocycles. The quantitative estimate of drug-likeness (QED) is 0.637. The maximum atomic E-state index is 12.6. The van der Waals surface area contributed by atoms with Gasteiger partial charge in [0.1, 0.15) is 5.76 Å². The number of carbonyl (C=O) groups excluding carboxylic acids is 1. The third kappa shape index (κ3) is 4.78. The summed E-state index contributed by atoms with van der Waals surface area (Å²) in [7, 11) is 0. The van der Waals surface area contributed by atoms with E-state index in [1.165, 1.54) is 0 Å². The molecule has 0 bridgehead atoms. The third-order valence-corrected chi connectivity index (χ3v) is 3.83. The first-order valence-electron chi connectivity index (χ1n) is 8.16. The first-order chi connectivity index (χ1) is 10.6. The van der Waals surface area contributed by atoms with Gasteiger partial charge in [-0.15, -0.1) is 0 Å². The highest BCUT2D eigenvalue weighted by molar-refractivity contribution is 6.24. The molecule has 0 spiro atoms. The number of aliphatic imine (C=N–C) groups is 1. The van der Waals surface area contributed by atoms with Gasteiger partial charge in [-0.25, -0.2) is 0 Å². The largest absolute Gasteiger partial charge is 0.511 e.